The second-order valence-corrected chi connectivity index (χ2v) is 6.58. The number of aryl methyl sites for hydroxylation is 1. The molecule has 3 rings (SSSR count). The van der Waals surface area contributed by atoms with Gasteiger partial charge in [0.1, 0.15) is 0 Å². The minimum Gasteiger partial charge on any atom is -0.356 e. The van der Waals surface area contributed by atoms with Crippen molar-refractivity contribution >= 4 is 18.3 Å². The van der Waals surface area contributed by atoms with Gasteiger partial charge in [-0.3, -0.25) is 4.79 Å². The van der Waals surface area contributed by atoms with Crippen LogP contribution in [0.25, 0.3) is 0 Å². The molecule has 2 N–H and O–H groups in total. The van der Waals surface area contributed by atoms with E-state index in [1.807, 2.05) is 0 Å². The predicted molar refractivity (Wildman–Crippen MR) is 92.4 cm³/mol. The summed E-state index contributed by atoms with van der Waals surface area (Å²) in [5.41, 5.74) is 2.92. The lowest BCUT2D eigenvalue weighted by atomic mass is 9.82. The maximum atomic E-state index is 12.1. The maximum absolute atomic E-state index is 12.1. The predicted octanol–water partition coefficient (Wildman–Crippen LogP) is 2.72. The molecule has 0 bridgehead atoms. The van der Waals surface area contributed by atoms with E-state index < -0.39 is 0 Å². The van der Waals surface area contributed by atoms with Gasteiger partial charge < -0.3 is 10.6 Å². The highest BCUT2D eigenvalue weighted by Crippen LogP contribution is 2.27. The third-order valence-electron chi connectivity index (χ3n) is 4.96. The number of hydrogen-bond donors (Lipinski definition) is 2. The molecule has 3 nitrogen and oxygen atoms in total. The Balaban J connectivity index is 0.00000176. The fraction of sp³-hybridized carbons (Fsp3) is 0.611. The zero-order valence-electron chi connectivity index (χ0n) is 13.1. The van der Waals surface area contributed by atoms with Crippen LogP contribution < -0.4 is 10.6 Å². The number of halogens is 1. The number of carbonyl (C=O) groups is 1. The van der Waals surface area contributed by atoms with Crippen LogP contribution >= 0.6 is 12.4 Å². The van der Waals surface area contributed by atoms with Crippen molar-refractivity contribution in [2.75, 3.05) is 19.6 Å². The summed E-state index contributed by atoms with van der Waals surface area (Å²) in [5, 5.41) is 6.49. The lowest BCUT2D eigenvalue weighted by molar-refractivity contribution is -0.122. The van der Waals surface area contributed by atoms with Crippen LogP contribution in [0.3, 0.4) is 0 Å². The molecule has 0 saturated carbocycles. The van der Waals surface area contributed by atoms with Crippen LogP contribution in [0.2, 0.25) is 0 Å². The SMILES string of the molecule is Cl.O=C(CC1CCc2ccccc2C1)NCCC1CCNC1. The van der Waals surface area contributed by atoms with Crippen LogP contribution in [0.1, 0.15) is 36.8 Å². The molecule has 122 valence electrons. The van der Waals surface area contributed by atoms with Crippen LogP contribution in [0.4, 0.5) is 0 Å². The first-order valence-corrected chi connectivity index (χ1v) is 8.35. The van der Waals surface area contributed by atoms with Crippen molar-refractivity contribution in [3.8, 4) is 0 Å². The monoisotopic (exact) mass is 322 g/mol. The van der Waals surface area contributed by atoms with Crippen molar-refractivity contribution in [3.63, 3.8) is 0 Å². The average molecular weight is 323 g/mol. The summed E-state index contributed by atoms with van der Waals surface area (Å²) in [6.07, 6.45) is 6.41. The minimum absolute atomic E-state index is 0. The zero-order valence-corrected chi connectivity index (χ0v) is 14.0. The first-order valence-electron chi connectivity index (χ1n) is 8.35. The molecular weight excluding hydrogens is 296 g/mol. The van der Waals surface area contributed by atoms with Crippen LogP contribution in [0.5, 0.6) is 0 Å². The van der Waals surface area contributed by atoms with Gasteiger partial charge in [0.15, 0.2) is 0 Å². The number of nitrogens with one attached hydrogen (secondary N) is 2. The van der Waals surface area contributed by atoms with Gasteiger partial charge >= 0.3 is 0 Å². The Morgan fingerprint density at radius 1 is 1.18 bits per heavy atom. The van der Waals surface area contributed by atoms with E-state index in [4.69, 9.17) is 0 Å². The van der Waals surface area contributed by atoms with Crippen molar-refractivity contribution in [3.05, 3.63) is 35.4 Å². The van der Waals surface area contributed by atoms with E-state index in [-0.39, 0.29) is 18.3 Å². The van der Waals surface area contributed by atoms with E-state index >= 15 is 0 Å². The highest BCUT2D eigenvalue weighted by atomic mass is 35.5. The quantitative estimate of drug-likeness (QED) is 0.875. The summed E-state index contributed by atoms with van der Waals surface area (Å²) in [7, 11) is 0. The summed E-state index contributed by atoms with van der Waals surface area (Å²) in [4.78, 5) is 12.1. The molecule has 2 unspecified atom stereocenters. The van der Waals surface area contributed by atoms with E-state index in [0.717, 1.165) is 51.2 Å². The van der Waals surface area contributed by atoms with Crippen LogP contribution in [-0.4, -0.2) is 25.5 Å². The first-order chi connectivity index (χ1) is 10.3. The lowest BCUT2D eigenvalue weighted by Gasteiger charge is -2.24. The second kappa shape index (κ2) is 8.54. The molecule has 1 amide bonds. The summed E-state index contributed by atoms with van der Waals surface area (Å²) < 4.78 is 0. The summed E-state index contributed by atoms with van der Waals surface area (Å²) in [6, 6.07) is 8.66. The molecule has 2 atom stereocenters. The molecular formula is C18H27ClN2O. The van der Waals surface area contributed by atoms with Crippen molar-refractivity contribution in [2.45, 2.75) is 38.5 Å². The van der Waals surface area contributed by atoms with Gasteiger partial charge in [-0.25, -0.2) is 0 Å². The van der Waals surface area contributed by atoms with Gasteiger partial charge in [-0.2, -0.15) is 0 Å². The Kier molecular flexibility index (Phi) is 6.71. The van der Waals surface area contributed by atoms with Gasteiger partial charge in [0.05, 0.1) is 0 Å². The number of fused-ring (bicyclic) bond motifs is 1. The number of benzene rings is 1. The third kappa shape index (κ3) is 4.72. The minimum atomic E-state index is 0. The van der Waals surface area contributed by atoms with Gasteiger partial charge in [-0.15, -0.1) is 12.4 Å². The molecule has 1 saturated heterocycles. The van der Waals surface area contributed by atoms with Crippen molar-refractivity contribution in [1.29, 1.82) is 0 Å². The Labute approximate surface area is 139 Å². The van der Waals surface area contributed by atoms with Crippen LogP contribution in [0, 0.1) is 11.8 Å². The summed E-state index contributed by atoms with van der Waals surface area (Å²) >= 11 is 0. The molecule has 1 aliphatic carbocycles. The van der Waals surface area contributed by atoms with Gasteiger partial charge in [0.2, 0.25) is 5.91 Å². The Morgan fingerprint density at radius 2 is 2.00 bits per heavy atom. The van der Waals surface area contributed by atoms with Crippen LogP contribution in [-0.2, 0) is 17.6 Å². The average Bonchev–Trinajstić information content (AvgIpc) is 3.00. The summed E-state index contributed by atoms with van der Waals surface area (Å²) in [5.74, 6) is 1.52. The van der Waals surface area contributed by atoms with Gasteiger partial charge in [-0.1, -0.05) is 24.3 Å². The van der Waals surface area contributed by atoms with Crippen molar-refractivity contribution in [1.82, 2.24) is 10.6 Å². The fourth-order valence-corrected chi connectivity index (χ4v) is 3.66. The van der Waals surface area contributed by atoms with E-state index in [2.05, 4.69) is 34.9 Å². The number of hydrogen-bond acceptors (Lipinski definition) is 2. The largest absolute Gasteiger partial charge is 0.356 e. The van der Waals surface area contributed by atoms with E-state index in [9.17, 15) is 4.79 Å². The fourth-order valence-electron chi connectivity index (χ4n) is 3.66. The van der Waals surface area contributed by atoms with E-state index in [1.165, 1.54) is 17.5 Å². The van der Waals surface area contributed by atoms with E-state index in [0.29, 0.717) is 12.3 Å². The highest BCUT2D eigenvalue weighted by molar-refractivity contribution is 5.85. The Morgan fingerprint density at radius 3 is 2.77 bits per heavy atom. The van der Waals surface area contributed by atoms with Gasteiger partial charge in [-0.05, 0) is 68.2 Å². The van der Waals surface area contributed by atoms with E-state index in [1.54, 1.807) is 0 Å². The molecule has 4 heteroatoms. The van der Waals surface area contributed by atoms with Gasteiger partial charge in [0.25, 0.3) is 0 Å². The second-order valence-electron chi connectivity index (χ2n) is 6.58. The Hall–Kier alpha value is -1.06. The molecule has 1 aliphatic heterocycles. The van der Waals surface area contributed by atoms with Crippen molar-refractivity contribution in [2.24, 2.45) is 11.8 Å². The molecule has 1 aromatic rings. The molecule has 1 fully saturated rings. The topological polar surface area (TPSA) is 41.1 Å². The Bertz CT molecular complexity index is 486. The lowest BCUT2D eigenvalue weighted by Crippen LogP contribution is -2.29. The first kappa shape index (κ1) is 17.3. The zero-order chi connectivity index (χ0) is 14.5. The number of rotatable bonds is 5. The van der Waals surface area contributed by atoms with Gasteiger partial charge in [0, 0.05) is 13.0 Å². The molecule has 1 aromatic carbocycles. The normalized spacial score (nSPS) is 23.5. The van der Waals surface area contributed by atoms with Crippen LogP contribution in [0.15, 0.2) is 24.3 Å². The molecule has 0 radical (unpaired) electrons. The number of carbonyl (C=O) groups excluding carboxylic acids is 1. The number of amides is 1. The highest BCUT2D eigenvalue weighted by Gasteiger charge is 2.21. The van der Waals surface area contributed by atoms with Crippen molar-refractivity contribution < 1.29 is 4.79 Å². The smallest absolute Gasteiger partial charge is 0.220 e. The third-order valence-corrected chi connectivity index (χ3v) is 4.96. The molecule has 0 aromatic heterocycles. The molecule has 1 heterocycles. The summed E-state index contributed by atoms with van der Waals surface area (Å²) in [6.45, 7) is 3.10. The molecule has 0 spiro atoms. The molecule has 22 heavy (non-hydrogen) atoms. The molecule has 2 aliphatic rings. The maximum Gasteiger partial charge on any atom is 0.220 e. The standard InChI is InChI=1S/C18H26N2O.ClH/c21-18(20-10-8-14-7-9-19-13-14)12-15-5-6-16-3-1-2-4-17(16)11-15;/h1-4,14-15,19H,5-13H2,(H,20,21);1H.